The second-order valence-corrected chi connectivity index (χ2v) is 8.12. The van der Waals surface area contributed by atoms with Crippen molar-refractivity contribution in [3.8, 4) is 0 Å². The topological polar surface area (TPSA) is 66.0 Å². The molecule has 0 aromatic carbocycles. The monoisotopic (exact) mass is 364 g/mol. The van der Waals surface area contributed by atoms with Gasteiger partial charge in [-0.05, 0) is 44.4 Å². The molecule has 1 heterocycles. The van der Waals surface area contributed by atoms with Crippen LogP contribution < -0.4 is 10.6 Å². The number of hydrogen-bond acceptors (Lipinski definition) is 3. The number of ether oxygens (including phenoxy) is 1. The van der Waals surface area contributed by atoms with Crippen molar-refractivity contribution in [2.24, 2.45) is 16.8 Å². The molecule has 6 nitrogen and oxygen atoms in total. The van der Waals surface area contributed by atoms with Crippen molar-refractivity contribution in [1.29, 1.82) is 0 Å². The zero-order valence-electron chi connectivity index (χ0n) is 16.3. The molecule has 6 heteroatoms. The Balaban J connectivity index is 1.30. The second-order valence-electron chi connectivity index (χ2n) is 8.12. The third-order valence-electron chi connectivity index (χ3n) is 5.83. The van der Waals surface area contributed by atoms with Gasteiger partial charge in [-0.1, -0.05) is 19.3 Å². The molecule has 26 heavy (non-hydrogen) atoms. The number of nitrogens with one attached hydrogen (secondary N) is 2. The Hall–Kier alpha value is -1.30. The molecule has 1 saturated heterocycles. The van der Waals surface area contributed by atoms with Crippen LogP contribution in [0.3, 0.4) is 0 Å². The Morgan fingerprint density at radius 1 is 1.15 bits per heavy atom. The number of carbonyl (C=O) groups is 1. The van der Waals surface area contributed by atoms with E-state index in [4.69, 9.17) is 4.74 Å². The highest BCUT2D eigenvalue weighted by Gasteiger charge is 2.31. The molecule has 1 atom stereocenters. The first-order valence-corrected chi connectivity index (χ1v) is 10.6. The van der Waals surface area contributed by atoms with Crippen molar-refractivity contribution in [2.45, 2.75) is 63.8 Å². The van der Waals surface area contributed by atoms with E-state index in [9.17, 15) is 4.79 Å². The largest absolute Gasteiger partial charge is 0.381 e. The molecule has 148 valence electrons. The molecule has 2 aliphatic carbocycles. The molecule has 0 spiro atoms. The van der Waals surface area contributed by atoms with Crippen LogP contribution in [0.2, 0.25) is 0 Å². The average Bonchev–Trinajstić information content (AvgIpc) is 3.39. The fourth-order valence-electron chi connectivity index (χ4n) is 3.99. The smallest absolute Gasteiger partial charge is 0.225 e. The maximum absolute atomic E-state index is 12.7. The summed E-state index contributed by atoms with van der Waals surface area (Å²) < 4.78 is 5.66. The van der Waals surface area contributed by atoms with Crippen LogP contribution in [0.5, 0.6) is 0 Å². The van der Waals surface area contributed by atoms with Gasteiger partial charge in [0, 0.05) is 51.9 Å². The first-order valence-electron chi connectivity index (χ1n) is 10.6. The van der Waals surface area contributed by atoms with Crippen molar-refractivity contribution >= 4 is 11.9 Å². The molecule has 1 aliphatic heterocycles. The summed E-state index contributed by atoms with van der Waals surface area (Å²) in [5, 5.41) is 6.84. The molecular weight excluding hydrogens is 328 g/mol. The maximum Gasteiger partial charge on any atom is 0.225 e. The van der Waals surface area contributed by atoms with E-state index in [0.717, 1.165) is 70.4 Å². The summed E-state index contributed by atoms with van der Waals surface area (Å²) in [4.78, 5) is 19.0. The van der Waals surface area contributed by atoms with Gasteiger partial charge in [-0.3, -0.25) is 9.79 Å². The van der Waals surface area contributed by atoms with Crippen molar-refractivity contribution in [1.82, 2.24) is 15.5 Å². The molecule has 0 aromatic rings. The van der Waals surface area contributed by atoms with E-state index in [-0.39, 0.29) is 5.92 Å². The standard InChI is InChI=1S/C20H36N4O2/c1-21-20(22-11-5-13-26-15-16-8-9-16)23-18-10-12-24(14-18)19(25)17-6-3-2-4-7-17/h16-18H,2-15H2,1H3,(H2,21,22,23). The van der Waals surface area contributed by atoms with Crippen molar-refractivity contribution < 1.29 is 9.53 Å². The van der Waals surface area contributed by atoms with Crippen LogP contribution >= 0.6 is 0 Å². The minimum absolute atomic E-state index is 0.274. The fourth-order valence-corrected chi connectivity index (χ4v) is 3.99. The average molecular weight is 365 g/mol. The third-order valence-corrected chi connectivity index (χ3v) is 5.83. The van der Waals surface area contributed by atoms with E-state index in [1.807, 2.05) is 0 Å². The summed E-state index contributed by atoms with van der Waals surface area (Å²) in [6.45, 7) is 4.29. The summed E-state index contributed by atoms with van der Waals surface area (Å²) >= 11 is 0. The van der Waals surface area contributed by atoms with E-state index < -0.39 is 0 Å². The summed E-state index contributed by atoms with van der Waals surface area (Å²) in [6, 6.07) is 0.305. The summed E-state index contributed by atoms with van der Waals surface area (Å²) in [5.41, 5.74) is 0. The number of likely N-dealkylation sites (tertiary alicyclic amines) is 1. The summed E-state index contributed by atoms with van der Waals surface area (Å²) in [7, 11) is 1.80. The second kappa shape index (κ2) is 10.1. The van der Waals surface area contributed by atoms with Gasteiger partial charge in [0.05, 0.1) is 0 Å². The van der Waals surface area contributed by atoms with Gasteiger partial charge in [-0.2, -0.15) is 0 Å². The Kier molecular flexibility index (Phi) is 7.59. The minimum Gasteiger partial charge on any atom is -0.381 e. The lowest BCUT2D eigenvalue weighted by Gasteiger charge is -2.26. The molecule has 0 aromatic heterocycles. The van der Waals surface area contributed by atoms with Crippen LogP contribution in [-0.4, -0.2) is 62.7 Å². The number of amides is 1. The van der Waals surface area contributed by atoms with E-state index in [0.29, 0.717) is 11.9 Å². The van der Waals surface area contributed by atoms with Crippen molar-refractivity contribution in [3.63, 3.8) is 0 Å². The van der Waals surface area contributed by atoms with Gasteiger partial charge in [-0.15, -0.1) is 0 Å². The molecule has 1 unspecified atom stereocenters. The molecule has 3 rings (SSSR count). The minimum atomic E-state index is 0.274. The number of hydrogen-bond donors (Lipinski definition) is 2. The predicted molar refractivity (Wildman–Crippen MR) is 104 cm³/mol. The lowest BCUT2D eigenvalue weighted by atomic mass is 9.88. The molecule has 0 bridgehead atoms. The van der Waals surface area contributed by atoms with E-state index in [1.54, 1.807) is 7.05 Å². The number of guanidine groups is 1. The number of carbonyl (C=O) groups excluding carboxylic acids is 1. The fraction of sp³-hybridized carbons (Fsp3) is 0.900. The van der Waals surface area contributed by atoms with Gasteiger partial charge < -0.3 is 20.3 Å². The first kappa shape index (κ1) is 19.5. The third kappa shape index (κ3) is 6.15. The maximum atomic E-state index is 12.7. The van der Waals surface area contributed by atoms with Crippen LogP contribution in [0.1, 0.15) is 57.8 Å². The zero-order chi connectivity index (χ0) is 18.2. The lowest BCUT2D eigenvalue weighted by molar-refractivity contribution is -0.135. The Morgan fingerprint density at radius 3 is 2.69 bits per heavy atom. The predicted octanol–water partition coefficient (Wildman–Crippen LogP) is 2.15. The number of aliphatic imine (C=N–C) groups is 1. The highest BCUT2D eigenvalue weighted by atomic mass is 16.5. The van der Waals surface area contributed by atoms with Crippen LogP contribution in [0.25, 0.3) is 0 Å². The molecule has 3 fully saturated rings. The van der Waals surface area contributed by atoms with Crippen LogP contribution in [-0.2, 0) is 9.53 Å². The molecule has 3 aliphatic rings. The highest BCUT2D eigenvalue weighted by molar-refractivity contribution is 5.81. The first-order chi connectivity index (χ1) is 12.8. The molecule has 2 N–H and O–H groups in total. The van der Waals surface area contributed by atoms with Crippen molar-refractivity contribution in [3.05, 3.63) is 0 Å². The normalized spacial score (nSPS) is 24.7. The molecule has 0 radical (unpaired) electrons. The summed E-state index contributed by atoms with van der Waals surface area (Å²) in [5.74, 6) is 2.32. The molecular formula is C20H36N4O2. The van der Waals surface area contributed by atoms with Crippen LogP contribution in [0.15, 0.2) is 4.99 Å². The van der Waals surface area contributed by atoms with Crippen molar-refractivity contribution in [2.75, 3.05) is 39.9 Å². The van der Waals surface area contributed by atoms with E-state index in [2.05, 4.69) is 20.5 Å². The van der Waals surface area contributed by atoms with E-state index in [1.165, 1.54) is 32.1 Å². The molecule has 2 saturated carbocycles. The van der Waals surface area contributed by atoms with Gasteiger partial charge in [0.1, 0.15) is 0 Å². The van der Waals surface area contributed by atoms with Gasteiger partial charge >= 0.3 is 0 Å². The lowest BCUT2D eigenvalue weighted by Crippen LogP contribution is -2.45. The van der Waals surface area contributed by atoms with Gasteiger partial charge in [0.25, 0.3) is 0 Å². The van der Waals surface area contributed by atoms with Crippen LogP contribution in [0.4, 0.5) is 0 Å². The Morgan fingerprint density at radius 2 is 1.96 bits per heavy atom. The Bertz CT molecular complexity index is 472. The number of nitrogens with zero attached hydrogens (tertiary/aromatic N) is 2. The Labute approximate surface area is 158 Å². The highest BCUT2D eigenvalue weighted by Crippen LogP contribution is 2.28. The summed E-state index contributed by atoms with van der Waals surface area (Å²) in [6.07, 6.45) is 10.6. The quantitative estimate of drug-likeness (QED) is 0.393. The van der Waals surface area contributed by atoms with Gasteiger partial charge in [0.2, 0.25) is 5.91 Å². The van der Waals surface area contributed by atoms with Gasteiger partial charge in [-0.25, -0.2) is 0 Å². The van der Waals surface area contributed by atoms with E-state index >= 15 is 0 Å². The van der Waals surface area contributed by atoms with Gasteiger partial charge in [0.15, 0.2) is 5.96 Å². The molecule has 1 amide bonds. The van der Waals surface area contributed by atoms with Crippen LogP contribution in [0, 0.1) is 11.8 Å². The number of rotatable bonds is 8. The zero-order valence-corrected chi connectivity index (χ0v) is 16.3. The SMILES string of the molecule is CN=C(NCCCOCC1CC1)NC1CCN(C(=O)C2CCCCC2)C1.